The molecule has 4 heteroatoms. The van der Waals surface area contributed by atoms with E-state index in [1.165, 1.54) is 12.1 Å². The maximum Gasteiger partial charge on any atom is 0.377 e. The minimum absolute atomic E-state index is 0.134. The summed E-state index contributed by atoms with van der Waals surface area (Å²) in [6.45, 7) is 0.390. The molecule has 0 radical (unpaired) electrons. The average molecular weight is 282 g/mol. The van der Waals surface area contributed by atoms with Crippen LogP contribution in [0.25, 0.3) is 6.08 Å². The molecule has 0 aliphatic rings. The first-order valence-electron chi connectivity index (χ1n) is 6.39. The summed E-state index contributed by atoms with van der Waals surface area (Å²) < 4.78 is 5.48. The van der Waals surface area contributed by atoms with E-state index in [9.17, 15) is 9.59 Å². The zero-order chi connectivity index (χ0) is 15.1. The summed E-state index contributed by atoms with van der Waals surface area (Å²) in [5.41, 5.74) is 1.22. The van der Waals surface area contributed by atoms with Gasteiger partial charge >= 0.3 is 5.97 Å². The van der Waals surface area contributed by atoms with E-state index in [0.717, 1.165) is 5.56 Å². The number of aliphatic carboxylic acids is 1. The molecule has 106 valence electrons. The first-order chi connectivity index (χ1) is 10.2. The maximum atomic E-state index is 11.2. The lowest BCUT2D eigenvalue weighted by Crippen LogP contribution is -2.12. The summed E-state index contributed by atoms with van der Waals surface area (Å²) >= 11 is 0. The van der Waals surface area contributed by atoms with Gasteiger partial charge in [-0.15, -0.1) is 0 Å². The molecule has 21 heavy (non-hydrogen) atoms. The largest absolute Gasteiger partial charge is 0.490 e. The van der Waals surface area contributed by atoms with Gasteiger partial charge in [0.15, 0.2) is 0 Å². The van der Waals surface area contributed by atoms with Crippen LogP contribution < -0.4 is 4.74 Å². The number of hydrogen-bond donors (Lipinski definition) is 1. The van der Waals surface area contributed by atoms with Crippen molar-refractivity contribution in [3.05, 3.63) is 71.8 Å². The number of carboxylic acid groups (broad SMARTS) is 1. The summed E-state index contributed by atoms with van der Waals surface area (Å²) in [6, 6.07) is 15.9. The number of benzene rings is 2. The van der Waals surface area contributed by atoms with Gasteiger partial charge in [0.1, 0.15) is 12.4 Å². The zero-order valence-electron chi connectivity index (χ0n) is 11.2. The van der Waals surface area contributed by atoms with E-state index in [2.05, 4.69) is 0 Å². The van der Waals surface area contributed by atoms with Gasteiger partial charge in [-0.25, -0.2) is 4.79 Å². The van der Waals surface area contributed by atoms with E-state index in [4.69, 9.17) is 9.84 Å². The molecule has 1 N–H and O–H groups in total. The Balaban J connectivity index is 1.88. The van der Waals surface area contributed by atoms with Crippen molar-refractivity contribution in [1.82, 2.24) is 0 Å². The summed E-state index contributed by atoms with van der Waals surface area (Å²) in [5.74, 6) is -1.81. The van der Waals surface area contributed by atoms with E-state index in [1.807, 2.05) is 42.5 Å². The van der Waals surface area contributed by atoms with Gasteiger partial charge in [0.25, 0.3) is 5.78 Å². The first-order valence-corrected chi connectivity index (χ1v) is 6.39. The lowest BCUT2D eigenvalue weighted by Gasteiger charge is -2.03. The van der Waals surface area contributed by atoms with Crippen molar-refractivity contribution in [2.24, 2.45) is 0 Å². The number of rotatable bonds is 6. The first kappa shape index (κ1) is 14.5. The van der Waals surface area contributed by atoms with Crippen molar-refractivity contribution in [2.75, 3.05) is 6.61 Å². The molecule has 0 spiro atoms. The molecule has 0 unspecified atom stereocenters. The maximum absolute atomic E-state index is 11.2. The number of carboxylic acids is 1. The SMILES string of the molecule is O=C(O)C(=O)c1ccc(OC/C=C\c2ccccc2)cc1. The van der Waals surface area contributed by atoms with Crippen molar-refractivity contribution >= 4 is 17.8 Å². The number of ketones is 1. The number of carbonyl (C=O) groups excluding carboxylic acids is 1. The second kappa shape index (κ2) is 7.05. The molecule has 0 aliphatic carbocycles. The summed E-state index contributed by atoms with van der Waals surface area (Å²) in [4.78, 5) is 21.8. The topological polar surface area (TPSA) is 63.6 Å². The Morgan fingerprint density at radius 1 is 1.00 bits per heavy atom. The minimum atomic E-state index is -1.46. The third kappa shape index (κ3) is 4.31. The van der Waals surface area contributed by atoms with Gasteiger partial charge in [-0.3, -0.25) is 4.79 Å². The molecule has 2 aromatic carbocycles. The molecule has 0 bridgehead atoms. The number of Topliss-reactive ketones (excluding diaryl/α,β-unsaturated/α-hetero) is 1. The van der Waals surface area contributed by atoms with Crippen molar-refractivity contribution in [1.29, 1.82) is 0 Å². The highest BCUT2D eigenvalue weighted by molar-refractivity contribution is 6.39. The Morgan fingerprint density at radius 2 is 1.67 bits per heavy atom. The molecule has 0 amide bonds. The molecule has 0 saturated carbocycles. The van der Waals surface area contributed by atoms with Gasteiger partial charge in [-0.2, -0.15) is 0 Å². The van der Waals surface area contributed by atoms with Gasteiger partial charge in [0.2, 0.25) is 0 Å². The van der Waals surface area contributed by atoms with Crippen LogP contribution in [0, 0.1) is 0 Å². The fourth-order valence-electron chi connectivity index (χ4n) is 1.72. The molecule has 0 aromatic heterocycles. The van der Waals surface area contributed by atoms with Crippen LogP contribution >= 0.6 is 0 Å². The van der Waals surface area contributed by atoms with Crippen LogP contribution in [0.15, 0.2) is 60.7 Å². The molecule has 0 heterocycles. The van der Waals surface area contributed by atoms with Crippen molar-refractivity contribution in [2.45, 2.75) is 0 Å². The highest BCUT2D eigenvalue weighted by atomic mass is 16.5. The van der Waals surface area contributed by atoms with E-state index < -0.39 is 11.8 Å². The molecule has 0 saturated heterocycles. The standard InChI is InChI=1S/C17H14O4/c18-16(17(19)20)14-8-10-15(11-9-14)21-12-4-7-13-5-2-1-3-6-13/h1-11H,12H2,(H,19,20)/b7-4-. The van der Waals surface area contributed by atoms with Crippen LogP contribution in [0.2, 0.25) is 0 Å². The molecular weight excluding hydrogens is 268 g/mol. The van der Waals surface area contributed by atoms with Crippen molar-refractivity contribution in [3.63, 3.8) is 0 Å². The van der Waals surface area contributed by atoms with E-state index in [-0.39, 0.29) is 5.56 Å². The second-order valence-electron chi connectivity index (χ2n) is 4.28. The molecule has 2 aromatic rings. The molecule has 0 aliphatic heterocycles. The van der Waals surface area contributed by atoms with Crippen molar-refractivity contribution in [3.8, 4) is 5.75 Å². The zero-order valence-corrected chi connectivity index (χ0v) is 11.2. The molecule has 2 rings (SSSR count). The van der Waals surface area contributed by atoms with E-state index in [0.29, 0.717) is 12.4 Å². The van der Waals surface area contributed by atoms with Gasteiger partial charge in [0, 0.05) is 5.56 Å². The molecular formula is C17H14O4. The number of carbonyl (C=O) groups is 2. The fourth-order valence-corrected chi connectivity index (χ4v) is 1.72. The monoisotopic (exact) mass is 282 g/mol. The third-order valence-electron chi connectivity index (χ3n) is 2.77. The Labute approximate surface area is 122 Å². The molecule has 0 fully saturated rings. The second-order valence-corrected chi connectivity index (χ2v) is 4.28. The quantitative estimate of drug-likeness (QED) is 0.653. The summed E-state index contributed by atoms with van der Waals surface area (Å²) in [7, 11) is 0. The van der Waals surface area contributed by atoms with E-state index >= 15 is 0 Å². The number of hydrogen-bond acceptors (Lipinski definition) is 3. The van der Waals surface area contributed by atoms with Crippen LogP contribution in [0.4, 0.5) is 0 Å². The van der Waals surface area contributed by atoms with Gasteiger partial charge < -0.3 is 9.84 Å². The van der Waals surface area contributed by atoms with Crippen LogP contribution in [0.3, 0.4) is 0 Å². The predicted molar refractivity (Wildman–Crippen MR) is 79.4 cm³/mol. The van der Waals surface area contributed by atoms with Gasteiger partial charge in [-0.05, 0) is 35.9 Å². The highest BCUT2D eigenvalue weighted by Crippen LogP contribution is 2.13. The Kier molecular flexibility index (Phi) is 4.88. The molecule has 4 nitrogen and oxygen atoms in total. The van der Waals surface area contributed by atoms with Crippen LogP contribution in [0.5, 0.6) is 5.75 Å². The van der Waals surface area contributed by atoms with Gasteiger partial charge in [-0.1, -0.05) is 36.4 Å². The third-order valence-corrected chi connectivity index (χ3v) is 2.77. The van der Waals surface area contributed by atoms with E-state index in [1.54, 1.807) is 12.1 Å². The number of ether oxygens (including phenoxy) is 1. The lowest BCUT2D eigenvalue weighted by atomic mass is 10.1. The fraction of sp³-hybridized carbons (Fsp3) is 0.0588. The van der Waals surface area contributed by atoms with Crippen LogP contribution in [-0.2, 0) is 4.79 Å². The Morgan fingerprint density at radius 3 is 2.29 bits per heavy atom. The van der Waals surface area contributed by atoms with Crippen LogP contribution in [0.1, 0.15) is 15.9 Å². The smallest absolute Gasteiger partial charge is 0.377 e. The predicted octanol–water partition coefficient (Wildman–Crippen LogP) is 3.05. The summed E-state index contributed by atoms with van der Waals surface area (Å²) in [5, 5.41) is 8.60. The Bertz CT molecular complexity index is 642. The normalized spacial score (nSPS) is 10.5. The van der Waals surface area contributed by atoms with Crippen molar-refractivity contribution < 1.29 is 19.4 Å². The molecule has 0 atom stereocenters. The summed E-state index contributed by atoms with van der Waals surface area (Å²) in [6.07, 6.45) is 3.83. The highest BCUT2D eigenvalue weighted by Gasteiger charge is 2.13. The lowest BCUT2D eigenvalue weighted by molar-refractivity contribution is -0.131. The average Bonchev–Trinajstić information content (AvgIpc) is 2.52. The van der Waals surface area contributed by atoms with Gasteiger partial charge in [0.05, 0.1) is 0 Å². The minimum Gasteiger partial charge on any atom is -0.490 e. The van der Waals surface area contributed by atoms with Crippen LogP contribution in [-0.4, -0.2) is 23.5 Å². The Hall–Kier alpha value is -2.88.